The average Bonchev–Trinajstić information content (AvgIpc) is 2.53. The van der Waals surface area contributed by atoms with E-state index in [-0.39, 0.29) is 25.1 Å². The van der Waals surface area contributed by atoms with Crippen LogP contribution >= 0.6 is 0 Å². The lowest BCUT2D eigenvalue weighted by Gasteiger charge is -2.09. The molecule has 0 aromatic heterocycles. The Morgan fingerprint density at radius 3 is 3.13 bits per heavy atom. The first-order valence-corrected chi connectivity index (χ1v) is 4.58. The second-order valence-electron chi connectivity index (χ2n) is 3.21. The second-order valence-corrected chi connectivity index (χ2v) is 3.21. The van der Waals surface area contributed by atoms with Crippen LogP contribution in [0, 0.1) is 0 Å². The molecule has 84 valence electrons. The molecule has 0 aliphatic carbocycles. The molecule has 1 atom stereocenters. The lowest BCUT2D eigenvalue weighted by molar-refractivity contribution is -0.119. The smallest absolute Gasteiger partial charge is 0.410 e. The Bertz CT molecular complexity index is 281. The van der Waals surface area contributed by atoms with Crippen molar-refractivity contribution in [2.75, 3.05) is 19.6 Å². The standard InChI is InChI=1S/C9H13FN2O3/c1-7(13)11-5-8-6-12(4-2-3-10)9(14)15-8/h2-3,8H,4-6H2,1H3,(H,11,13)/b3-2+/t8-/m0/s1. The largest absolute Gasteiger partial charge is 0.442 e. The predicted molar refractivity (Wildman–Crippen MR) is 50.8 cm³/mol. The first kappa shape index (κ1) is 11.5. The monoisotopic (exact) mass is 216 g/mol. The molecule has 0 saturated carbocycles. The normalized spacial score (nSPS) is 20.8. The maximum Gasteiger partial charge on any atom is 0.410 e. The van der Waals surface area contributed by atoms with Gasteiger partial charge in [-0.3, -0.25) is 4.79 Å². The first-order valence-electron chi connectivity index (χ1n) is 4.58. The number of ether oxygens (including phenoxy) is 1. The van der Waals surface area contributed by atoms with Gasteiger partial charge in [0.05, 0.1) is 19.4 Å². The molecule has 0 unspecified atom stereocenters. The van der Waals surface area contributed by atoms with Crippen molar-refractivity contribution in [1.29, 1.82) is 0 Å². The molecule has 0 radical (unpaired) electrons. The van der Waals surface area contributed by atoms with E-state index >= 15 is 0 Å². The van der Waals surface area contributed by atoms with Gasteiger partial charge in [0.2, 0.25) is 5.91 Å². The number of halogens is 1. The minimum atomic E-state index is -0.483. The fourth-order valence-electron chi connectivity index (χ4n) is 1.25. The summed E-state index contributed by atoms with van der Waals surface area (Å²) in [6, 6.07) is 0. The Labute approximate surface area is 86.9 Å². The van der Waals surface area contributed by atoms with E-state index in [4.69, 9.17) is 4.74 Å². The molecular weight excluding hydrogens is 203 g/mol. The summed E-state index contributed by atoms with van der Waals surface area (Å²) >= 11 is 0. The third-order valence-corrected chi connectivity index (χ3v) is 1.94. The molecule has 1 rings (SSSR count). The van der Waals surface area contributed by atoms with E-state index in [2.05, 4.69) is 5.32 Å². The summed E-state index contributed by atoms with van der Waals surface area (Å²) in [5.41, 5.74) is 0. The molecule has 1 saturated heterocycles. The van der Waals surface area contributed by atoms with Gasteiger partial charge in [0.25, 0.3) is 0 Å². The lowest BCUT2D eigenvalue weighted by Crippen LogP contribution is -2.33. The highest BCUT2D eigenvalue weighted by atomic mass is 19.1. The summed E-state index contributed by atoms with van der Waals surface area (Å²) in [4.78, 5) is 23.1. The predicted octanol–water partition coefficient (Wildman–Crippen LogP) is 0.426. The molecule has 1 fully saturated rings. The summed E-state index contributed by atoms with van der Waals surface area (Å²) in [6.07, 6.45) is 0.772. The van der Waals surface area contributed by atoms with Gasteiger partial charge >= 0.3 is 6.09 Å². The van der Waals surface area contributed by atoms with Crippen LogP contribution in [0.15, 0.2) is 12.4 Å². The molecule has 0 aromatic carbocycles. The topological polar surface area (TPSA) is 58.6 Å². The van der Waals surface area contributed by atoms with Crippen LogP contribution in [0.1, 0.15) is 6.92 Å². The minimum absolute atomic E-state index is 0.173. The summed E-state index contributed by atoms with van der Waals surface area (Å²) in [6.45, 7) is 2.23. The number of cyclic esters (lactones) is 1. The second kappa shape index (κ2) is 5.33. The zero-order valence-electron chi connectivity index (χ0n) is 8.40. The fourth-order valence-corrected chi connectivity index (χ4v) is 1.25. The third-order valence-electron chi connectivity index (χ3n) is 1.94. The van der Waals surface area contributed by atoms with Crippen molar-refractivity contribution < 1.29 is 18.7 Å². The van der Waals surface area contributed by atoms with E-state index in [1.54, 1.807) is 0 Å². The fraction of sp³-hybridized carbons (Fsp3) is 0.556. The van der Waals surface area contributed by atoms with Crippen molar-refractivity contribution in [2.24, 2.45) is 0 Å². The molecule has 1 aliphatic rings. The summed E-state index contributed by atoms with van der Waals surface area (Å²) < 4.78 is 16.6. The van der Waals surface area contributed by atoms with Crippen molar-refractivity contribution in [2.45, 2.75) is 13.0 Å². The van der Waals surface area contributed by atoms with Gasteiger partial charge in [-0.25, -0.2) is 9.18 Å². The molecule has 1 aliphatic heterocycles. The van der Waals surface area contributed by atoms with Gasteiger partial charge in [-0.15, -0.1) is 0 Å². The van der Waals surface area contributed by atoms with Crippen molar-refractivity contribution in [3.05, 3.63) is 12.4 Å². The number of amides is 2. The van der Waals surface area contributed by atoms with E-state index in [1.807, 2.05) is 0 Å². The van der Waals surface area contributed by atoms with Crippen molar-refractivity contribution >= 4 is 12.0 Å². The van der Waals surface area contributed by atoms with E-state index < -0.39 is 6.09 Å². The molecule has 2 amide bonds. The van der Waals surface area contributed by atoms with E-state index in [9.17, 15) is 14.0 Å². The molecule has 0 spiro atoms. The van der Waals surface area contributed by atoms with Crippen molar-refractivity contribution in [3.8, 4) is 0 Å². The van der Waals surface area contributed by atoms with Gasteiger partial charge in [0, 0.05) is 13.5 Å². The third kappa shape index (κ3) is 3.57. The molecule has 0 bridgehead atoms. The highest BCUT2D eigenvalue weighted by Crippen LogP contribution is 2.10. The van der Waals surface area contributed by atoms with Crippen LogP contribution in [0.4, 0.5) is 9.18 Å². The van der Waals surface area contributed by atoms with Gasteiger partial charge in [-0.05, 0) is 6.08 Å². The molecule has 15 heavy (non-hydrogen) atoms. The molecular formula is C9H13FN2O3. The van der Waals surface area contributed by atoms with Gasteiger partial charge in [0.1, 0.15) is 6.10 Å². The Hall–Kier alpha value is -1.59. The minimum Gasteiger partial charge on any atom is -0.442 e. The molecule has 1 heterocycles. The number of carbonyl (C=O) groups is 2. The SMILES string of the molecule is CC(=O)NC[C@H]1CN(C/C=C/F)C(=O)O1. The highest BCUT2D eigenvalue weighted by molar-refractivity contribution is 5.73. The van der Waals surface area contributed by atoms with Crippen LogP contribution in [-0.4, -0.2) is 42.6 Å². The number of rotatable bonds is 4. The number of hydrogen-bond donors (Lipinski definition) is 1. The first-order chi connectivity index (χ1) is 7.13. The molecule has 0 aromatic rings. The van der Waals surface area contributed by atoms with E-state index in [0.717, 1.165) is 0 Å². The van der Waals surface area contributed by atoms with Gasteiger partial charge in [0.15, 0.2) is 0 Å². The lowest BCUT2D eigenvalue weighted by atomic mass is 10.3. The van der Waals surface area contributed by atoms with Crippen molar-refractivity contribution in [1.82, 2.24) is 10.2 Å². The Kier molecular flexibility index (Phi) is 4.08. The highest BCUT2D eigenvalue weighted by Gasteiger charge is 2.30. The Morgan fingerprint density at radius 1 is 1.80 bits per heavy atom. The van der Waals surface area contributed by atoms with E-state index in [0.29, 0.717) is 12.9 Å². The summed E-state index contributed by atoms with van der Waals surface area (Å²) in [5, 5.41) is 2.55. The molecule has 6 heteroatoms. The maximum atomic E-state index is 11.7. The zero-order chi connectivity index (χ0) is 11.3. The number of carbonyl (C=O) groups excluding carboxylic acids is 2. The van der Waals surface area contributed by atoms with Crippen LogP contribution in [0.25, 0.3) is 0 Å². The quantitative estimate of drug-likeness (QED) is 0.741. The van der Waals surface area contributed by atoms with Crippen LogP contribution in [0.2, 0.25) is 0 Å². The number of nitrogens with zero attached hydrogens (tertiary/aromatic N) is 1. The number of hydrogen-bond acceptors (Lipinski definition) is 3. The molecule has 5 nitrogen and oxygen atoms in total. The van der Waals surface area contributed by atoms with Gasteiger partial charge < -0.3 is 15.0 Å². The summed E-state index contributed by atoms with van der Waals surface area (Å²) in [7, 11) is 0. The maximum absolute atomic E-state index is 11.7. The Morgan fingerprint density at radius 2 is 2.53 bits per heavy atom. The van der Waals surface area contributed by atoms with Crippen LogP contribution in [0.3, 0.4) is 0 Å². The molecule has 1 N–H and O–H groups in total. The van der Waals surface area contributed by atoms with Crippen LogP contribution < -0.4 is 5.32 Å². The summed E-state index contributed by atoms with van der Waals surface area (Å²) in [5.74, 6) is -0.173. The number of nitrogens with one attached hydrogen (secondary N) is 1. The van der Waals surface area contributed by atoms with E-state index in [1.165, 1.54) is 17.9 Å². The van der Waals surface area contributed by atoms with Crippen LogP contribution in [-0.2, 0) is 9.53 Å². The Balaban J connectivity index is 2.34. The van der Waals surface area contributed by atoms with Crippen LogP contribution in [0.5, 0.6) is 0 Å². The van der Waals surface area contributed by atoms with Crippen molar-refractivity contribution in [3.63, 3.8) is 0 Å². The zero-order valence-corrected chi connectivity index (χ0v) is 8.40. The van der Waals surface area contributed by atoms with Gasteiger partial charge in [-0.1, -0.05) is 0 Å². The average molecular weight is 216 g/mol. The van der Waals surface area contributed by atoms with Gasteiger partial charge in [-0.2, -0.15) is 0 Å².